The standard InChI is InChI=1S/C22H20FNO4S/c23-21-13-17(16-5-2-1-3-6-16)8-9-20(21)22(25)24(14-19-7-4-11-28-19)18-10-12-29(26,27)15-18/h1-9,11,13,18H,10,12,14-15H2. The minimum absolute atomic E-state index is 0.0228. The molecule has 2 heterocycles. The molecule has 1 atom stereocenters. The number of carbonyl (C=O) groups excluding carboxylic acids is 1. The molecule has 29 heavy (non-hydrogen) atoms. The summed E-state index contributed by atoms with van der Waals surface area (Å²) in [5, 5.41) is 0. The number of hydrogen-bond donors (Lipinski definition) is 0. The lowest BCUT2D eigenvalue weighted by atomic mass is 10.0. The summed E-state index contributed by atoms with van der Waals surface area (Å²) >= 11 is 0. The van der Waals surface area contributed by atoms with E-state index in [-0.39, 0.29) is 23.6 Å². The van der Waals surface area contributed by atoms with E-state index in [2.05, 4.69) is 0 Å². The van der Waals surface area contributed by atoms with Crippen LogP contribution in [0.2, 0.25) is 0 Å². The van der Waals surface area contributed by atoms with Gasteiger partial charge in [0.05, 0.1) is 29.9 Å². The van der Waals surface area contributed by atoms with Crippen LogP contribution < -0.4 is 0 Å². The molecule has 1 aromatic heterocycles. The fourth-order valence-electron chi connectivity index (χ4n) is 3.61. The van der Waals surface area contributed by atoms with Crippen LogP contribution in [0.3, 0.4) is 0 Å². The number of nitrogens with zero attached hydrogens (tertiary/aromatic N) is 1. The van der Waals surface area contributed by atoms with E-state index in [4.69, 9.17) is 4.42 Å². The minimum Gasteiger partial charge on any atom is -0.467 e. The van der Waals surface area contributed by atoms with E-state index in [9.17, 15) is 17.6 Å². The molecule has 5 nitrogen and oxygen atoms in total. The molecule has 1 amide bonds. The Morgan fingerprint density at radius 3 is 2.48 bits per heavy atom. The van der Waals surface area contributed by atoms with Gasteiger partial charge in [0.25, 0.3) is 5.91 Å². The molecule has 1 aliphatic heterocycles. The second-order valence-corrected chi connectivity index (χ2v) is 9.36. The lowest BCUT2D eigenvalue weighted by Crippen LogP contribution is -2.40. The molecule has 3 aromatic rings. The van der Waals surface area contributed by atoms with Crippen molar-refractivity contribution < 1.29 is 22.0 Å². The summed E-state index contributed by atoms with van der Waals surface area (Å²) in [6.07, 6.45) is 1.82. The van der Waals surface area contributed by atoms with Crippen molar-refractivity contribution in [1.29, 1.82) is 0 Å². The van der Waals surface area contributed by atoms with Crippen molar-refractivity contribution in [1.82, 2.24) is 4.90 Å². The second kappa shape index (κ2) is 7.83. The third kappa shape index (κ3) is 4.24. The first-order valence-electron chi connectivity index (χ1n) is 9.32. The molecular weight excluding hydrogens is 393 g/mol. The quantitative estimate of drug-likeness (QED) is 0.636. The van der Waals surface area contributed by atoms with E-state index < -0.39 is 27.6 Å². The zero-order chi connectivity index (χ0) is 20.4. The summed E-state index contributed by atoms with van der Waals surface area (Å²) in [4.78, 5) is 14.6. The molecule has 1 fully saturated rings. The maximum atomic E-state index is 14.9. The van der Waals surface area contributed by atoms with Crippen LogP contribution in [0.1, 0.15) is 22.5 Å². The van der Waals surface area contributed by atoms with Gasteiger partial charge in [0.2, 0.25) is 0 Å². The average Bonchev–Trinajstić information content (AvgIpc) is 3.35. The average molecular weight is 413 g/mol. The first kappa shape index (κ1) is 19.4. The van der Waals surface area contributed by atoms with Gasteiger partial charge in [0, 0.05) is 6.04 Å². The molecule has 7 heteroatoms. The third-order valence-electron chi connectivity index (χ3n) is 5.12. The Hall–Kier alpha value is -2.93. The number of benzene rings is 2. The van der Waals surface area contributed by atoms with Gasteiger partial charge in [-0.1, -0.05) is 36.4 Å². The molecule has 0 N–H and O–H groups in total. The molecule has 4 rings (SSSR count). The highest BCUT2D eigenvalue weighted by molar-refractivity contribution is 7.91. The van der Waals surface area contributed by atoms with Crippen molar-refractivity contribution in [2.24, 2.45) is 0 Å². The third-order valence-corrected chi connectivity index (χ3v) is 6.87. The lowest BCUT2D eigenvalue weighted by molar-refractivity contribution is 0.0661. The van der Waals surface area contributed by atoms with Crippen LogP contribution in [-0.4, -0.2) is 36.8 Å². The van der Waals surface area contributed by atoms with Crippen molar-refractivity contribution in [3.05, 3.63) is 84.1 Å². The molecule has 0 spiro atoms. The predicted molar refractivity (Wildman–Crippen MR) is 107 cm³/mol. The fourth-order valence-corrected chi connectivity index (χ4v) is 5.34. The molecule has 0 bridgehead atoms. The van der Waals surface area contributed by atoms with Crippen LogP contribution in [0, 0.1) is 5.82 Å². The smallest absolute Gasteiger partial charge is 0.257 e. The van der Waals surface area contributed by atoms with Crippen molar-refractivity contribution >= 4 is 15.7 Å². The van der Waals surface area contributed by atoms with E-state index in [1.807, 2.05) is 30.3 Å². The zero-order valence-electron chi connectivity index (χ0n) is 15.6. The number of sulfone groups is 1. The summed E-state index contributed by atoms with van der Waals surface area (Å²) in [6.45, 7) is 0.0892. The Bertz CT molecular complexity index is 1110. The number of halogens is 1. The number of amides is 1. The number of rotatable bonds is 5. The molecule has 1 unspecified atom stereocenters. The van der Waals surface area contributed by atoms with Crippen LogP contribution in [0.25, 0.3) is 11.1 Å². The summed E-state index contributed by atoms with van der Waals surface area (Å²) < 4.78 is 44.1. The lowest BCUT2D eigenvalue weighted by Gasteiger charge is -2.27. The van der Waals surface area contributed by atoms with Gasteiger partial charge in [-0.3, -0.25) is 4.79 Å². The highest BCUT2D eigenvalue weighted by atomic mass is 32.2. The van der Waals surface area contributed by atoms with E-state index in [0.717, 1.165) is 5.56 Å². The number of carbonyl (C=O) groups is 1. The Kier molecular flexibility index (Phi) is 5.24. The van der Waals surface area contributed by atoms with Gasteiger partial charge in [-0.15, -0.1) is 0 Å². The van der Waals surface area contributed by atoms with Crippen LogP contribution in [-0.2, 0) is 16.4 Å². The van der Waals surface area contributed by atoms with Crippen molar-refractivity contribution in [3.8, 4) is 11.1 Å². The fraction of sp³-hybridized carbons (Fsp3) is 0.227. The van der Waals surface area contributed by atoms with Gasteiger partial charge in [0.15, 0.2) is 9.84 Å². The maximum absolute atomic E-state index is 14.9. The molecule has 150 valence electrons. The second-order valence-electron chi connectivity index (χ2n) is 7.13. The monoisotopic (exact) mass is 413 g/mol. The highest BCUT2D eigenvalue weighted by Gasteiger charge is 2.36. The van der Waals surface area contributed by atoms with Crippen molar-refractivity contribution in [2.75, 3.05) is 11.5 Å². The van der Waals surface area contributed by atoms with Gasteiger partial charge >= 0.3 is 0 Å². The Morgan fingerprint density at radius 2 is 1.86 bits per heavy atom. The van der Waals surface area contributed by atoms with Crippen molar-refractivity contribution in [2.45, 2.75) is 19.0 Å². The normalized spacial score (nSPS) is 17.9. The molecular formula is C22H20FNO4S. The molecule has 0 aliphatic carbocycles. The largest absolute Gasteiger partial charge is 0.467 e. The van der Waals surface area contributed by atoms with E-state index in [0.29, 0.717) is 17.7 Å². The zero-order valence-corrected chi connectivity index (χ0v) is 16.4. The Morgan fingerprint density at radius 1 is 1.07 bits per heavy atom. The molecule has 0 radical (unpaired) electrons. The topological polar surface area (TPSA) is 67.6 Å². The minimum atomic E-state index is -3.21. The van der Waals surface area contributed by atoms with Gasteiger partial charge < -0.3 is 9.32 Å². The van der Waals surface area contributed by atoms with Crippen LogP contribution in [0.4, 0.5) is 4.39 Å². The summed E-state index contributed by atoms with van der Waals surface area (Å²) in [6, 6.07) is 16.7. The van der Waals surface area contributed by atoms with E-state index in [1.54, 1.807) is 18.2 Å². The van der Waals surface area contributed by atoms with Gasteiger partial charge in [-0.2, -0.15) is 0 Å². The predicted octanol–water partition coefficient (Wildman–Crippen LogP) is 3.92. The van der Waals surface area contributed by atoms with Gasteiger partial charge in [0.1, 0.15) is 11.6 Å². The maximum Gasteiger partial charge on any atom is 0.257 e. The summed E-state index contributed by atoms with van der Waals surface area (Å²) in [5.74, 6) is -0.760. The van der Waals surface area contributed by atoms with E-state index >= 15 is 0 Å². The Balaban J connectivity index is 1.65. The highest BCUT2D eigenvalue weighted by Crippen LogP contribution is 2.26. The molecule has 1 aliphatic rings. The van der Waals surface area contributed by atoms with Crippen LogP contribution in [0.5, 0.6) is 0 Å². The van der Waals surface area contributed by atoms with Gasteiger partial charge in [-0.05, 0) is 41.8 Å². The SMILES string of the molecule is O=C(c1ccc(-c2ccccc2)cc1F)N(Cc1ccco1)C1CCS(=O)(=O)C1. The van der Waals surface area contributed by atoms with E-state index in [1.165, 1.54) is 23.3 Å². The first-order chi connectivity index (χ1) is 13.9. The number of hydrogen-bond acceptors (Lipinski definition) is 4. The van der Waals surface area contributed by atoms with Crippen LogP contribution >= 0.6 is 0 Å². The first-order valence-corrected chi connectivity index (χ1v) is 11.1. The molecule has 2 aromatic carbocycles. The van der Waals surface area contributed by atoms with Gasteiger partial charge in [-0.25, -0.2) is 12.8 Å². The molecule has 1 saturated heterocycles. The van der Waals surface area contributed by atoms with Crippen molar-refractivity contribution in [3.63, 3.8) is 0 Å². The van der Waals surface area contributed by atoms with Crippen LogP contribution in [0.15, 0.2) is 71.3 Å². The summed E-state index contributed by atoms with van der Waals surface area (Å²) in [5.41, 5.74) is 1.43. The summed E-state index contributed by atoms with van der Waals surface area (Å²) in [7, 11) is -3.21. The number of furan rings is 1. The molecule has 0 saturated carbocycles. The Labute approximate surface area is 168 Å².